The summed E-state index contributed by atoms with van der Waals surface area (Å²) in [5.74, 6) is -0.236. The first-order chi connectivity index (χ1) is 6.56. The summed E-state index contributed by atoms with van der Waals surface area (Å²) in [6.45, 7) is 2.26. The van der Waals surface area contributed by atoms with Gasteiger partial charge in [-0.1, -0.05) is 11.6 Å². The molecular formula is C9H11ClN2O2. The van der Waals surface area contributed by atoms with Crippen LogP contribution in [0.1, 0.15) is 17.3 Å². The van der Waals surface area contributed by atoms with E-state index in [0.29, 0.717) is 17.4 Å². The van der Waals surface area contributed by atoms with Crippen LogP contribution in [0.25, 0.3) is 0 Å². The van der Waals surface area contributed by atoms with Gasteiger partial charge in [0, 0.05) is 11.1 Å². The Morgan fingerprint density at radius 3 is 2.71 bits per heavy atom. The average Bonchev–Trinajstić information content (AvgIpc) is 2.10. The Balaban J connectivity index is 3.24. The second-order valence-electron chi connectivity index (χ2n) is 2.66. The number of hydrogen-bond acceptors (Lipinski definition) is 3. The predicted octanol–water partition coefficient (Wildman–Crippen LogP) is 1.42. The van der Waals surface area contributed by atoms with Gasteiger partial charge in [-0.05, 0) is 13.0 Å². The lowest BCUT2D eigenvalue weighted by Gasteiger charge is -2.09. The average molecular weight is 215 g/mol. The molecule has 0 aromatic heterocycles. The number of nitrogens with two attached hydrogens (primary N) is 2. The van der Waals surface area contributed by atoms with Gasteiger partial charge in [0.2, 0.25) is 0 Å². The fourth-order valence-corrected chi connectivity index (χ4v) is 1.28. The maximum absolute atomic E-state index is 11.0. The molecule has 1 aromatic carbocycles. The molecule has 4 N–H and O–H groups in total. The minimum atomic E-state index is -0.619. The minimum Gasteiger partial charge on any atom is -0.492 e. The maximum Gasteiger partial charge on any atom is 0.250 e. The fraction of sp³-hybridized carbons (Fsp3) is 0.222. The highest BCUT2D eigenvalue weighted by molar-refractivity contribution is 6.31. The third-order valence-electron chi connectivity index (χ3n) is 1.67. The highest BCUT2D eigenvalue weighted by Crippen LogP contribution is 2.29. The van der Waals surface area contributed by atoms with Crippen molar-refractivity contribution in [1.82, 2.24) is 0 Å². The van der Waals surface area contributed by atoms with E-state index in [-0.39, 0.29) is 11.3 Å². The second kappa shape index (κ2) is 4.19. The van der Waals surface area contributed by atoms with Crippen LogP contribution in [-0.2, 0) is 0 Å². The molecule has 5 heteroatoms. The highest BCUT2D eigenvalue weighted by atomic mass is 35.5. The summed E-state index contributed by atoms with van der Waals surface area (Å²) in [5.41, 5.74) is 11.2. The lowest BCUT2D eigenvalue weighted by Crippen LogP contribution is -2.14. The van der Waals surface area contributed by atoms with Crippen LogP contribution in [0, 0.1) is 0 Å². The van der Waals surface area contributed by atoms with Gasteiger partial charge in [-0.15, -0.1) is 0 Å². The van der Waals surface area contributed by atoms with Crippen molar-refractivity contribution < 1.29 is 9.53 Å². The summed E-state index contributed by atoms with van der Waals surface area (Å²) in [7, 11) is 0. The maximum atomic E-state index is 11.0. The molecule has 0 radical (unpaired) electrons. The standard InChI is InChI=1S/C9H11ClN2O2/c1-2-14-7-4-5(10)3-6(8(7)11)9(12)13/h3-4H,2,11H2,1H3,(H2,12,13). The second-order valence-corrected chi connectivity index (χ2v) is 3.10. The summed E-state index contributed by atoms with van der Waals surface area (Å²) in [6, 6.07) is 2.97. The van der Waals surface area contributed by atoms with E-state index in [0.717, 1.165) is 0 Å². The normalized spacial score (nSPS) is 9.86. The number of halogens is 1. The molecule has 14 heavy (non-hydrogen) atoms. The molecule has 0 aliphatic heterocycles. The van der Waals surface area contributed by atoms with Gasteiger partial charge in [0.15, 0.2) is 0 Å². The summed E-state index contributed by atoms with van der Waals surface area (Å²) < 4.78 is 5.19. The first kappa shape index (κ1) is 10.7. The van der Waals surface area contributed by atoms with Gasteiger partial charge in [-0.3, -0.25) is 4.79 Å². The van der Waals surface area contributed by atoms with Crippen molar-refractivity contribution in [2.24, 2.45) is 5.73 Å². The zero-order valence-electron chi connectivity index (χ0n) is 7.71. The lowest BCUT2D eigenvalue weighted by atomic mass is 10.1. The summed E-state index contributed by atoms with van der Waals surface area (Å²) in [6.07, 6.45) is 0. The van der Waals surface area contributed by atoms with Crippen molar-refractivity contribution in [1.29, 1.82) is 0 Å². The molecule has 1 aromatic rings. The molecule has 0 fully saturated rings. The minimum absolute atomic E-state index is 0.181. The molecule has 1 rings (SSSR count). The largest absolute Gasteiger partial charge is 0.492 e. The van der Waals surface area contributed by atoms with Crippen molar-refractivity contribution in [2.45, 2.75) is 6.92 Å². The first-order valence-electron chi connectivity index (χ1n) is 4.08. The van der Waals surface area contributed by atoms with E-state index < -0.39 is 5.91 Å². The Morgan fingerprint density at radius 1 is 1.57 bits per heavy atom. The zero-order valence-corrected chi connectivity index (χ0v) is 8.47. The van der Waals surface area contributed by atoms with Crippen molar-refractivity contribution in [2.75, 3.05) is 12.3 Å². The number of nitrogen functional groups attached to an aromatic ring is 1. The Hall–Kier alpha value is -1.42. The summed E-state index contributed by atoms with van der Waals surface area (Å²) in [4.78, 5) is 11.0. The van der Waals surface area contributed by atoms with E-state index in [1.165, 1.54) is 6.07 Å². The highest BCUT2D eigenvalue weighted by Gasteiger charge is 2.12. The van der Waals surface area contributed by atoms with E-state index >= 15 is 0 Å². The van der Waals surface area contributed by atoms with Gasteiger partial charge >= 0.3 is 0 Å². The molecule has 1 amide bonds. The van der Waals surface area contributed by atoms with Crippen LogP contribution >= 0.6 is 11.6 Å². The lowest BCUT2D eigenvalue weighted by molar-refractivity contribution is 0.100. The predicted molar refractivity (Wildman–Crippen MR) is 55.6 cm³/mol. The topological polar surface area (TPSA) is 78.3 Å². The monoisotopic (exact) mass is 214 g/mol. The number of ether oxygens (including phenoxy) is 1. The van der Waals surface area contributed by atoms with E-state index in [4.69, 9.17) is 27.8 Å². The molecule has 0 unspecified atom stereocenters. The number of carbonyl (C=O) groups is 1. The Labute approximate surface area is 86.8 Å². The van der Waals surface area contributed by atoms with Gasteiger partial charge in [0.05, 0.1) is 17.9 Å². The molecule has 0 aliphatic rings. The number of hydrogen-bond donors (Lipinski definition) is 2. The van der Waals surface area contributed by atoms with E-state index in [9.17, 15) is 4.79 Å². The number of anilines is 1. The van der Waals surface area contributed by atoms with Crippen LogP contribution in [0.4, 0.5) is 5.69 Å². The van der Waals surface area contributed by atoms with Crippen LogP contribution in [0.2, 0.25) is 5.02 Å². The Kier molecular flexibility index (Phi) is 3.19. The van der Waals surface area contributed by atoms with Crippen LogP contribution in [0.5, 0.6) is 5.75 Å². The molecule has 0 saturated carbocycles. The third kappa shape index (κ3) is 2.09. The Morgan fingerprint density at radius 2 is 2.21 bits per heavy atom. The quantitative estimate of drug-likeness (QED) is 0.747. The van der Waals surface area contributed by atoms with Crippen molar-refractivity contribution in [3.05, 3.63) is 22.7 Å². The molecule has 0 atom stereocenters. The van der Waals surface area contributed by atoms with Gasteiger partial charge in [0.25, 0.3) is 5.91 Å². The van der Waals surface area contributed by atoms with Gasteiger partial charge in [-0.25, -0.2) is 0 Å². The van der Waals surface area contributed by atoms with Crippen molar-refractivity contribution >= 4 is 23.2 Å². The van der Waals surface area contributed by atoms with Gasteiger partial charge in [0.1, 0.15) is 5.75 Å². The molecule has 0 heterocycles. The van der Waals surface area contributed by atoms with Crippen LogP contribution in [0.3, 0.4) is 0 Å². The van der Waals surface area contributed by atoms with Gasteiger partial charge < -0.3 is 16.2 Å². The SMILES string of the molecule is CCOc1cc(Cl)cc(C(N)=O)c1N. The molecule has 4 nitrogen and oxygen atoms in total. The molecule has 0 bridgehead atoms. The summed E-state index contributed by atoms with van der Waals surface area (Å²) >= 11 is 5.76. The molecule has 0 aliphatic carbocycles. The number of amides is 1. The van der Waals surface area contributed by atoms with Crippen LogP contribution in [0.15, 0.2) is 12.1 Å². The van der Waals surface area contributed by atoms with E-state index in [2.05, 4.69) is 0 Å². The zero-order chi connectivity index (χ0) is 10.7. The van der Waals surface area contributed by atoms with Gasteiger partial charge in [-0.2, -0.15) is 0 Å². The molecule has 0 spiro atoms. The first-order valence-corrected chi connectivity index (χ1v) is 4.45. The smallest absolute Gasteiger partial charge is 0.250 e. The summed E-state index contributed by atoms with van der Waals surface area (Å²) in [5, 5.41) is 0.372. The van der Waals surface area contributed by atoms with Crippen LogP contribution in [-0.4, -0.2) is 12.5 Å². The third-order valence-corrected chi connectivity index (χ3v) is 1.89. The molecular weight excluding hydrogens is 204 g/mol. The van der Waals surface area contributed by atoms with Crippen molar-refractivity contribution in [3.8, 4) is 5.75 Å². The Bertz CT molecular complexity index is 366. The number of rotatable bonds is 3. The van der Waals surface area contributed by atoms with E-state index in [1.54, 1.807) is 6.07 Å². The number of benzene rings is 1. The number of carbonyl (C=O) groups excluding carboxylic acids is 1. The van der Waals surface area contributed by atoms with Crippen molar-refractivity contribution in [3.63, 3.8) is 0 Å². The van der Waals surface area contributed by atoms with E-state index in [1.807, 2.05) is 6.92 Å². The molecule has 76 valence electrons. The fourth-order valence-electron chi connectivity index (χ4n) is 1.07. The molecule has 0 saturated heterocycles. The van der Waals surface area contributed by atoms with Crippen LogP contribution < -0.4 is 16.2 Å². The number of primary amides is 1.